The summed E-state index contributed by atoms with van der Waals surface area (Å²) in [6, 6.07) is 17.2. The number of ether oxygens (including phenoxy) is 1. The van der Waals surface area contributed by atoms with Crippen LogP contribution in [0.25, 0.3) is 16.9 Å². The minimum Gasteiger partial charge on any atom is -0.380 e. The quantitative estimate of drug-likeness (QED) is 0.436. The molecule has 2 aromatic carbocycles. The van der Waals surface area contributed by atoms with Crippen molar-refractivity contribution >= 4 is 11.8 Å². The zero-order chi connectivity index (χ0) is 23.4. The fourth-order valence-electron chi connectivity index (χ4n) is 3.76. The van der Waals surface area contributed by atoms with E-state index < -0.39 is 0 Å². The second kappa shape index (κ2) is 9.70. The summed E-state index contributed by atoms with van der Waals surface area (Å²) < 4.78 is 8.70. The molecule has 170 valence electrons. The number of benzene rings is 2. The maximum absolute atomic E-state index is 13.0. The molecule has 4 aromatic rings. The molecule has 0 spiro atoms. The fraction of sp³-hybridized carbons (Fsp3) is 0.240. The van der Waals surface area contributed by atoms with Gasteiger partial charge in [-0.15, -0.1) is 0 Å². The Morgan fingerprint density at radius 1 is 1.15 bits per heavy atom. The predicted octanol–water partition coefficient (Wildman–Crippen LogP) is 4.61. The molecule has 8 heteroatoms. The van der Waals surface area contributed by atoms with Gasteiger partial charge in [-0.05, 0) is 37.1 Å². The van der Waals surface area contributed by atoms with Gasteiger partial charge in [0.25, 0.3) is 0 Å². The molecule has 0 bridgehead atoms. The van der Waals surface area contributed by atoms with E-state index in [0.29, 0.717) is 12.4 Å². The molecular formula is C25H28N6O2. The number of carbonyl (C=O) groups excluding carboxylic acids is 1. The minimum atomic E-state index is -0.308. The molecule has 1 unspecified atom stereocenters. The molecule has 1 atom stereocenters. The Labute approximate surface area is 193 Å². The van der Waals surface area contributed by atoms with Crippen molar-refractivity contribution in [1.29, 1.82) is 0 Å². The highest BCUT2D eigenvalue weighted by Crippen LogP contribution is 2.30. The second-order valence-corrected chi connectivity index (χ2v) is 7.97. The van der Waals surface area contributed by atoms with Gasteiger partial charge >= 0.3 is 6.03 Å². The SMILES string of the molecule is COCc1cccc(C(C)NC(=O)Nc2c(C)c(-c3cnn(C)c3)nn2-c2ccccc2)c1. The molecule has 0 aliphatic rings. The molecule has 4 rings (SSSR count). The average Bonchev–Trinajstić information content (AvgIpc) is 3.38. The van der Waals surface area contributed by atoms with E-state index in [2.05, 4.69) is 15.7 Å². The lowest BCUT2D eigenvalue weighted by atomic mass is 10.1. The maximum Gasteiger partial charge on any atom is 0.320 e. The molecule has 33 heavy (non-hydrogen) atoms. The van der Waals surface area contributed by atoms with Gasteiger partial charge in [-0.3, -0.25) is 10.00 Å². The first-order valence-corrected chi connectivity index (χ1v) is 10.8. The molecular weight excluding hydrogens is 416 g/mol. The van der Waals surface area contributed by atoms with Gasteiger partial charge in [-0.25, -0.2) is 9.48 Å². The largest absolute Gasteiger partial charge is 0.380 e. The third kappa shape index (κ3) is 4.96. The Hall–Kier alpha value is -3.91. The summed E-state index contributed by atoms with van der Waals surface area (Å²) in [7, 11) is 3.53. The number of nitrogens with one attached hydrogen (secondary N) is 2. The van der Waals surface area contributed by atoms with Crippen LogP contribution in [0.15, 0.2) is 67.0 Å². The van der Waals surface area contributed by atoms with Gasteiger partial charge in [0.05, 0.1) is 24.5 Å². The van der Waals surface area contributed by atoms with Gasteiger partial charge in [0.15, 0.2) is 0 Å². The molecule has 0 aliphatic carbocycles. The van der Waals surface area contributed by atoms with Crippen LogP contribution in [0.5, 0.6) is 0 Å². The molecule has 2 heterocycles. The van der Waals surface area contributed by atoms with Gasteiger partial charge in [0.1, 0.15) is 11.5 Å². The lowest BCUT2D eigenvalue weighted by molar-refractivity contribution is 0.185. The number of aryl methyl sites for hydroxylation is 1. The number of rotatable bonds is 7. The van der Waals surface area contributed by atoms with Crippen LogP contribution in [-0.2, 0) is 18.4 Å². The number of carbonyl (C=O) groups is 1. The number of hydrogen-bond donors (Lipinski definition) is 2. The topological polar surface area (TPSA) is 86.0 Å². The summed E-state index contributed by atoms with van der Waals surface area (Å²) in [4.78, 5) is 13.0. The van der Waals surface area contributed by atoms with Crippen molar-refractivity contribution in [2.75, 3.05) is 12.4 Å². The van der Waals surface area contributed by atoms with Crippen molar-refractivity contribution in [2.24, 2.45) is 7.05 Å². The third-order valence-corrected chi connectivity index (χ3v) is 5.44. The van der Waals surface area contributed by atoms with Crippen molar-refractivity contribution in [2.45, 2.75) is 26.5 Å². The van der Waals surface area contributed by atoms with Crippen molar-refractivity contribution < 1.29 is 9.53 Å². The predicted molar refractivity (Wildman–Crippen MR) is 128 cm³/mol. The molecule has 8 nitrogen and oxygen atoms in total. The van der Waals surface area contributed by atoms with Crippen molar-refractivity contribution in [1.82, 2.24) is 24.9 Å². The molecule has 0 aliphatic heterocycles. The number of urea groups is 1. The molecule has 0 fully saturated rings. The van der Waals surface area contributed by atoms with Gasteiger partial charge < -0.3 is 10.1 Å². The highest BCUT2D eigenvalue weighted by atomic mass is 16.5. The van der Waals surface area contributed by atoms with Gasteiger partial charge in [0.2, 0.25) is 0 Å². The normalized spacial score (nSPS) is 11.9. The lowest BCUT2D eigenvalue weighted by Gasteiger charge is -2.17. The van der Waals surface area contributed by atoms with Gasteiger partial charge in [0, 0.05) is 31.5 Å². The number of nitrogens with zero attached hydrogens (tertiary/aromatic N) is 4. The van der Waals surface area contributed by atoms with Crippen LogP contribution in [-0.4, -0.2) is 32.7 Å². The van der Waals surface area contributed by atoms with Crippen LogP contribution >= 0.6 is 0 Å². The third-order valence-electron chi connectivity index (χ3n) is 5.44. The van der Waals surface area contributed by atoms with E-state index in [4.69, 9.17) is 9.84 Å². The van der Waals surface area contributed by atoms with E-state index in [0.717, 1.165) is 33.6 Å². The summed E-state index contributed by atoms with van der Waals surface area (Å²) in [6.45, 7) is 4.43. The Kier molecular flexibility index (Phi) is 6.55. The number of hydrogen-bond acceptors (Lipinski definition) is 4. The van der Waals surface area contributed by atoms with E-state index in [1.54, 1.807) is 22.7 Å². The molecule has 0 saturated heterocycles. The van der Waals surface area contributed by atoms with Gasteiger partial charge in [-0.1, -0.05) is 42.5 Å². The molecule has 0 radical (unpaired) electrons. The Bertz CT molecular complexity index is 1250. The van der Waals surface area contributed by atoms with Crippen LogP contribution in [0.2, 0.25) is 0 Å². The summed E-state index contributed by atoms with van der Waals surface area (Å²) in [6.07, 6.45) is 3.67. The first-order chi connectivity index (χ1) is 16.0. The van der Waals surface area contributed by atoms with Crippen LogP contribution < -0.4 is 10.6 Å². The molecule has 2 N–H and O–H groups in total. The number of amides is 2. The van der Waals surface area contributed by atoms with Crippen molar-refractivity contribution in [3.8, 4) is 16.9 Å². The standard InChI is InChI=1S/C25H28N6O2/c1-17-23(21-14-26-30(3)15-21)29-31(22-11-6-5-7-12-22)24(17)28-25(32)27-18(2)20-10-8-9-19(13-20)16-33-4/h5-15,18H,16H2,1-4H3,(H2,27,28,32). The van der Waals surface area contributed by atoms with Crippen LogP contribution in [0, 0.1) is 6.92 Å². The van der Waals surface area contributed by atoms with Crippen molar-refractivity contribution in [3.63, 3.8) is 0 Å². The average molecular weight is 445 g/mol. The fourth-order valence-corrected chi connectivity index (χ4v) is 3.76. The summed E-state index contributed by atoms with van der Waals surface area (Å²) in [5.74, 6) is 0.609. The minimum absolute atomic E-state index is 0.187. The van der Waals surface area contributed by atoms with E-state index in [9.17, 15) is 4.79 Å². The summed E-state index contributed by atoms with van der Waals surface area (Å²) >= 11 is 0. The van der Waals surface area contributed by atoms with Crippen LogP contribution in [0.3, 0.4) is 0 Å². The van der Waals surface area contributed by atoms with E-state index in [1.165, 1.54) is 0 Å². The number of methoxy groups -OCH3 is 1. The van der Waals surface area contributed by atoms with E-state index in [-0.39, 0.29) is 12.1 Å². The number of para-hydroxylation sites is 1. The number of anilines is 1. The van der Waals surface area contributed by atoms with Crippen molar-refractivity contribution in [3.05, 3.63) is 83.7 Å². The Balaban J connectivity index is 1.60. The summed E-state index contributed by atoms with van der Waals surface area (Å²) in [5, 5.41) is 15.1. The first kappa shape index (κ1) is 22.3. The maximum atomic E-state index is 13.0. The monoisotopic (exact) mass is 444 g/mol. The smallest absolute Gasteiger partial charge is 0.320 e. The Morgan fingerprint density at radius 3 is 2.64 bits per heavy atom. The van der Waals surface area contributed by atoms with Crippen LogP contribution in [0.1, 0.15) is 29.7 Å². The van der Waals surface area contributed by atoms with Gasteiger partial charge in [-0.2, -0.15) is 10.2 Å². The second-order valence-electron chi connectivity index (χ2n) is 7.97. The highest BCUT2D eigenvalue weighted by Gasteiger charge is 2.20. The van der Waals surface area contributed by atoms with E-state index in [1.807, 2.05) is 81.7 Å². The highest BCUT2D eigenvalue weighted by molar-refractivity contribution is 5.91. The first-order valence-electron chi connectivity index (χ1n) is 10.8. The Morgan fingerprint density at radius 2 is 1.94 bits per heavy atom. The van der Waals surface area contributed by atoms with Crippen LogP contribution in [0.4, 0.5) is 10.6 Å². The summed E-state index contributed by atoms with van der Waals surface area (Å²) in [5.41, 5.74) is 5.43. The molecule has 0 saturated carbocycles. The zero-order valence-corrected chi connectivity index (χ0v) is 19.2. The molecule has 2 aromatic heterocycles. The lowest BCUT2D eigenvalue weighted by Crippen LogP contribution is -2.32. The zero-order valence-electron chi connectivity index (χ0n) is 19.2. The van der Waals surface area contributed by atoms with E-state index >= 15 is 0 Å². The molecule has 2 amide bonds. The number of aromatic nitrogens is 4.